The van der Waals surface area contributed by atoms with Crippen molar-refractivity contribution in [1.82, 2.24) is 5.16 Å². The van der Waals surface area contributed by atoms with Crippen LogP contribution in [0.25, 0.3) is 0 Å². The number of benzene rings is 1. The molecule has 0 atom stereocenters. The largest absolute Gasteiger partial charge is 0.387 e. The van der Waals surface area contributed by atoms with Crippen LogP contribution >= 0.6 is 0 Å². The van der Waals surface area contributed by atoms with Crippen molar-refractivity contribution in [3.63, 3.8) is 0 Å². The first-order valence-corrected chi connectivity index (χ1v) is 5.63. The number of carbonyl (C=O) groups is 1. The number of anilines is 2. The molecule has 18 heavy (non-hydrogen) atoms. The van der Waals surface area contributed by atoms with Crippen molar-refractivity contribution >= 4 is 17.4 Å². The van der Waals surface area contributed by atoms with E-state index in [9.17, 15) is 4.79 Å². The molecule has 2 N–H and O–H groups in total. The quantitative estimate of drug-likeness (QED) is 0.872. The van der Waals surface area contributed by atoms with Gasteiger partial charge in [0.15, 0.2) is 5.82 Å². The summed E-state index contributed by atoms with van der Waals surface area (Å²) in [5, 5.41) is 9.42. The van der Waals surface area contributed by atoms with Crippen LogP contribution in [0.4, 0.5) is 11.5 Å². The SMILES string of the molecule is CNc1ccc(C)cc1C(=O)Nc1cc(C)on1. The summed E-state index contributed by atoms with van der Waals surface area (Å²) in [7, 11) is 1.78. The van der Waals surface area contributed by atoms with Crippen LogP contribution in [0.1, 0.15) is 21.7 Å². The van der Waals surface area contributed by atoms with Gasteiger partial charge in [-0.25, -0.2) is 0 Å². The first-order chi connectivity index (χ1) is 8.60. The van der Waals surface area contributed by atoms with Crippen LogP contribution in [0.3, 0.4) is 0 Å². The zero-order valence-electron chi connectivity index (χ0n) is 10.6. The molecule has 0 saturated carbocycles. The molecule has 94 valence electrons. The Bertz CT molecular complexity index is 575. The first-order valence-electron chi connectivity index (χ1n) is 5.63. The molecule has 0 aliphatic heterocycles. The summed E-state index contributed by atoms with van der Waals surface area (Å²) in [5.41, 5.74) is 2.38. The van der Waals surface area contributed by atoms with Gasteiger partial charge in [-0.2, -0.15) is 0 Å². The van der Waals surface area contributed by atoms with Crippen LogP contribution in [0.2, 0.25) is 0 Å². The Hall–Kier alpha value is -2.30. The van der Waals surface area contributed by atoms with Gasteiger partial charge >= 0.3 is 0 Å². The lowest BCUT2D eigenvalue weighted by Gasteiger charge is -2.09. The van der Waals surface area contributed by atoms with Gasteiger partial charge in [-0.15, -0.1) is 0 Å². The van der Waals surface area contributed by atoms with Gasteiger partial charge in [0.05, 0.1) is 5.56 Å². The number of aromatic nitrogens is 1. The number of rotatable bonds is 3. The molecule has 1 aromatic carbocycles. The average molecular weight is 245 g/mol. The maximum atomic E-state index is 12.1. The van der Waals surface area contributed by atoms with Crippen LogP contribution in [-0.4, -0.2) is 18.1 Å². The van der Waals surface area contributed by atoms with Crippen molar-refractivity contribution in [2.24, 2.45) is 0 Å². The topological polar surface area (TPSA) is 67.2 Å². The number of carbonyl (C=O) groups excluding carboxylic acids is 1. The molecular formula is C13H15N3O2. The van der Waals surface area contributed by atoms with Crippen molar-refractivity contribution in [3.05, 3.63) is 41.2 Å². The van der Waals surface area contributed by atoms with E-state index in [1.165, 1.54) is 0 Å². The van der Waals surface area contributed by atoms with E-state index in [0.29, 0.717) is 17.1 Å². The maximum absolute atomic E-state index is 12.1. The monoisotopic (exact) mass is 245 g/mol. The molecule has 1 heterocycles. The van der Waals surface area contributed by atoms with Crippen LogP contribution in [0, 0.1) is 13.8 Å². The lowest BCUT2D eigenvalue weighted by atomic mass is 10.1. The van der Waals surface area contributed by atoms with E-state index in [-0.39, 0.29) is 5.91 Å². The van der Waals surface area contributed by atoms with Crippen LogP contribution in [0.15, 0.2) is 28.8 Å². The Kier molecular flexibility index (Phi) is 3.32. The number of nitrogens with one attached hydrogen (secondary N) is 2. The molecule has 1 amide bonds. The normalized spacial score (nSPS) is 10.2. The van der Waals surface area contributed by atoms with Gasteiger partial charge in [0.25, 0.3) is 5.91 Å². The Morgan fingerprint density at radius 1 is 1.28 bits per heavy atom. The molecule has 0 aliphatic carbocycles. The summed E-state index contributed by atoms with van der Waals surface area (Å²) in [6, 6.07) is 7.32. The summed E-state index contributed by atoms with van der Waals surface area (Å²) in [6.45, 7) is 3.71. The highest BCUT2D eigenvalue weighted by Crippen LogP contribution is 2.18. The second-order valence-electron chi connectivity index (χ2n) is 4.08. The van der Waals surface area contributed by atoms with Gasteiger partial charge in [0.1, 0.15) is 5.76 Å². The molecule has 1 aromatic heterocycles. The molecular weight excluding hydrogens is 230 g/mol. The second-order valence-corrected chi connectivity index (χ2v) is 4.08. The number of hydrogen-bond acceptors (Lipinski definition) is 4. The summed E-state index contributed by atoms with van der Waals surface area (Å²) < 4.78 is 4.90. The van der Waals surface area contributed by atoms with E-state index in [4.69, 9.17) is 4.52 Å². The van der Waals surface area contributed by atoms with E-state index in [1.54, 1.807) is 20.0 Å². The number of amides is 1. The molecule has 2 aromatic rings. The van der Waals surface area contributed by atoms with Crippen molar-refractivity contribution in [2.45, 2.75) is 13.8 Å². The van der Waals surface area contributed by atoms with Crippen molar-refractivity contribution in [2.75, 3.05) is 17.7 Å². The fraction of sp³-hybridized carbons (Fsp3) is 0.231. The highest BCUT2D eigenvalue weighted by molar-refractivity contribution is 6.07. The Morgan fingerprint density at radius 2 is 2.06 bits per heavy atom. The molecule has 0 spiro atoms. The highest BCUT2D eigenvalue weighted by atomic mass is 16.5. The minimum Gasteiger partial charge on any atom is -0.387 e. The van der Waals surface area contributed by atoms with E-state index in [1.807, 2.05) is 25.1 Å². The zero-order valence-corrected chi connectivity index (χ0v) is 10.6. The smallest absolute Gasteiger partial charge is 0.259 e. The van der Waals surface area contributed by atoms with Gasteiger partial charge in [0.2, 0.25) is 0 Å². The van der Waals surface area contributed by atoms with E-state index in [0.717, 1.165) is 11.3 Å². The van der Waals surface area contributed by atoms with E-state index in [2.05, 4.69) is 15.8 Å². The Labute approximate surface area is 105 Å². The minimum atomic E-state index is -0.212. The first kappa shape index (κ1) is 12.2. The van der Waals surface area contributed by atoms with E-state index >= 15 is 0 Å². The zero-order chi connectivity index (χ0) is 13.1. The summed E-state index contributed by atoms with van der Waals surface area (Å²) in [6.07, 6.45) is 0. The van der Waals surface area contributed by atoms with Crippen molar-refractivity contribution < 1.29 is 9.32 Å². The molecule has 5 heteroatoms. The summed E-state index contributed by atoms with van der Waals surface area (Å²) in [4.78, 5) is 12.1. The lowest BCUT2D eigenvalue weighted by Crippen LogP contribution is -2.14. The molecule has 0 saturated heterocycles. The number of hydrogen-bond donors (Lipinski definition) is 2. The van der Waals surface area contributed by atoms with Gasteiger partial charge in [-0.1, -0.05) is 16.8 Å². The second kappa shape index (κ2) is 4.91. The number of aryl methyl sites for hydroxylation is 2. The third-order valence-corrected chi connectivity index (χ3v) is 2.56. The predicted octanol–water partition coefficient (Wildman–Crippen LogP) is 2.59. The summed E-state index contributed by atoms with van der Waals surface area (Å²) in [5.74, 6) is 0.862. The van der Waals surface area contributed by atoms with Gasteiger partial charge in [-0.3, -0.25) is 4.79 Å². The maximum Gasteiger partial charge on any atom is 0.259 e. The number of nitrogens with zero attached hydrogens (tertiary/aromatic N) is 1. The summed E-state index contributed by atoms with van der Waals surface area (Å²) >= 11 is 0. The Morgan fingerprint density at radius 3 is 2.67 bits per heavy atom. The molecule has 0 aliphatic rings. The van der Waals surface area contributed by atoms with Gasteiger partial charge in [0, 0.05) is 18.8 Å². The van der Waals surface area contributed by atoms with E-state index < -0.39 is 0 Å². The predicted molar refractivity (Wildman–Crippen MR) is 69.9 cm³/mol. The van der Waals surface area contributed by atoms with Crippen molar-refractivity contribution in [1.29, 1.82) is 0 Å². The fourth-order valence-electron chi connectivity index (χ4n) is 1.67. The lowest BCUT2D eigenvalue weighted by molar-refractivity contribution is 0.102. The van der Waals surface area contributed by atoms with Crippen LogP contribution < -0.4 is 10.6 Å². The Balaban J connectivity index is 2.25. The average Bonchev–Trinajstić information content (AvgIpc) is 2.74. The van der Waals surface area contributed by atoms with Crippen molar-refractivity contribution in [3.8, 4) is 0 Å². The molecule has 2 rings (SSSR count). The molecule has 0 radical (unpaired) electrons. The van der Waals surface area contributed by atoms with Crippen LogP contribution in [-0.2, 0) is 0 Å². The molecule has 0 unspecified atom stereocenters. The third-order valence-electron chi connectivity index (χ3n) is 2.56. The van der Waals surface area contributed by atoms with Gasteiger partial charge < -0.3 is 15.2 Å². The fourth-order valence-corrected chi connectivity index (χ4v) is 1.67. The van der Waals surface area contributed by atoms with Gasteiger partial charge in [-0.05, 0) is 26.0 Å². The molecule has 5 nitrogen and oxygen atoms in total. The molecule has 0 fully saturated rings. The van der Waals surface area contributed by atoms with Crippen LogP contribution in [0.5, 0.6) is 0 Å². The standard InChI is InChI=1S/C13H15N3O2/c1-8-4-5-11(14-3)10(6-8)13(17)15-12-7-9(2)18-16-12/h4-7,14H,1-3H3,(H,15,16,17). The highest BCUT2D eigenvalue weighted by Gasteiger charge is 2.12. The molecule has 0 bridgehead atoms. The third kappa shape index (κ3) is 2.51. The minimum absolute atomic E-state index is 0.212.